The number of carbonyl (C=O) groups excluding carboxylic acids is 3. The van der Waals surface area contributed by atoms with Crippen molar-refractivity contribution in [1.29, 1.82) is 0 Å². The van der Waals surface area contributed by atoms with Gasteiger partial charge in [0.2, 0.25) is 5.91 Å². The maximum Gasteiger partial charge on any atom is 0.331 e. The van der Waals surface area contributed by atoms with E-state index in [2.05, 4.69) is 20.9 Å². The molecule has 41 heavy (non-hydrogen) atoms. The zero-order valence-corrected chi connectivity index (χ0v) is 24.8. The molecule has 1 aliphatic carbocycles. The van der Waals surface area contributed by atoms with Crippen molar-refractivity contribution < 1.29 is 19.1 Å². The van der Waals surface area contributed by atoms with Gasteiger partial charge in [0.15, 0.2) is 0 Å². The lowest BCUT2D eigenvalue weighted by Gasteiger charge is -2.29. The predicted molar refractivity (Wildman–Crippen MR) is 162 cm³/mol. The number of urea groups is 1. The summed E-state index contributed by atoms with van der Waals surface area (Å²) in [5, 5.41) is 9.84. The van der Waals surface area contributed by atoms with E-state index < -0.39 is 0 Å². The van der Waals surface area contributed by atoms with Crippen molar-refractivity contribution in [2.24, 2.45) is 0 Å². The predicted octanol–water partition coefficient (Wildman–Crippen LogP) is 4.96. The standard InChI is InChI=1S/C30H36N6O4S/c1-17(2)40-21-10-11-22(18(3)15-21)36-23-12-13-31-29-25(23)26(34-30(36)39)27(41-29)28(38)33-20-9-8-19(16-20)32-24(37)7-6-14-35(4)5/h6-7,10-13,15,17,19-20H,8-9,14,16H2,1-5H3,(H,32,37)(H,33,38)(H,34,39)/b7-6+. The maximum absolute atomic E-state index is 13.5. The first-order valence-electron chi connectivity index (χ1n) is 13.8. The molecule has 1 fully saturated rings. The van der Waals surface area contributed by atoms with Gasteiger partial charge in [0, 0.05) is 30.9 Å². The van der Waals surface area contributed by atoms with Crippen LogP contribution in [0.1, 0.15) is 48.3 Å². The number of aromatic nitrogens is 1. The van der Waals surface area contributed by atoms with Gasteiger partial charge in [-0.05, 0) is 84.0 Å². The second-order valence-corrected chi connectivity index (χ2v) is 12.0. The second kappa shape index (κ2) is 11.9. The first-order valence-corrected chi connectivity index (χ1v) is 14.6. The van der Waals surface area contributed by atoms with Gasteiger partial charge < -0.3 is 25.6 Å². The van der Waals surface area contributed by atoms with Crippen molar-refractivity contribution in [2.75, 3.05) is 30.9 Å². The van der Waals surface area contributed by atoms with Gasteiger partial charge in [-0.1, -0.05) is 6.08 Å². The van der Waals surface area contributed by atoms with E-state index in [1.165, 1.54) is 11.3 Å². The summed E-state index contributed by atoms with van der Waals surface area (Å²) >= 11 is 1.26. The summed E-state index contributed by atoms with van der Waals surface area (Å²) < 4.78 is 5.81. The highest BCUT2D eigenvalue weighted by atomic mass is 32.1. The number of hydrogen-bond acceptors (Lipinski definition) is 7. The van der Waals surface area contributed by atoms with Crippen LogP contribution in [0.4, 0.5) is 21.9 Å². The lowest BCUT2D eigenvalue weighted by Crippen LogP contribution is -2.37. The smallest absolute Gasteiger partial charge is 0.331 e. The molecule has 3 N–H and O–H groups in total. The van der Waals surface area contributed by atoms with E-state index in [1.54, 1.807) is 23.2 Å². The normalized spacial score (nSPS) is 18.4. The van der Waals surface area contributed by atoms with Gasteiger partial charge in [-0.2, -0.15) is 0 Å². The summed E-state index contributed by atoms with van der Waals surface area (Å²) in [6.07, 6.45) is 7.28. The number of ether oxygens (including phenoxy) is 1. The van der Waals surface area contributed by atoms with Crippen LogP contribution in [-0.2, 0) is 4.79 Å². The number of anilines is 3. The lowest BCUT2D eigenvalue weighted by molar-refractivity contribution is -0.117. The van der Waals surface area contributed by atoms with Gasteiger partial charge >= 0.3 is 6.03 Å². The number of nitrogens with one attached hydrogen (secondary N) is 3. The van der Waals surface area contributed by atoms with E-state index in [4.69, 9.17) is 4.74 Å². The number of nitrogens with zero attached hydrogens (tertiary/aromatic N) is 3. The van der Waals surface area contributed by atoms with Crippen LogP contribution in [0.2, 0.25) is 0 Å². The minimum absolute atomic E-state index is 0.000311. The zero-order valence-electron chi connectivity index (χ0n) is 24.0. The van der Waals surface area contributed by atoms with Gasteiger partial charge in [-0.3, -0.25) is 14.5 Å². The molecule has 0 saturated heterocycles. The minimum Gasteiger partial charge on any atom is -0.491 e. The van der Waals surface area contributed by atoms with Gasteiger partial charge in [0.1, 0.15) is 15.5 Å². The van der Waals surface area contributed by atoms with E-state index in [0.29, 0.717) is 34.0 Å². The monoisotopic (exact) mass is 576 g/mol. The Hall–Kier alpha value is -3.96. The van der Waals surface area contributed by atoms with Crippen LogP contribution in [0.5, 0.6) is 5.75 Å². The maximum atomic E-state index is 13.5. The molecule has 0 radical (unpaired) electrons. The minimum atomic E-state index is -0.343. The summed E-state index contributed by atoms with van der Waals surface area (Å²) in [6.45, 7) is 6.57. The third-order valence-electron chi connectivity index (χ3n) is 7.09. The largest absolute Gasteiger partial charge is 0.491 e. The van der Waals surface area contributed by atoms with Crippen LogP contribution < -0.4 is 25.6 Å². The Morgan fingerprint density at radius 2 is 1.95 bits per heavy atom. The Labute approximate surface area is 243 Å². The Balaban J connectivity index is 1.33. The van der Waals surface area contributed by atoms with E-state index in [1.807, 2.05) is 64.0 Å². The van der Waals surface area contributed by atoms with Crippen LogP contribution in [0.15, 0.2) is 42.6 Å². The van der Waals surface area contributed by atoms with Gasteiger partial charge in [-0.25, -0.2) is 9.78 Å². The average molecular weight is 577 g/mol. The quantitative estimate of drug-likeness (QED) is 0.310. The first-order chi connectivity index (χ1) is 19.6. The lowest BCUT2D eigenvalue weighted by atomic mass is 10.1. The number of likely N-dealkylation sites (N-methyl/N-ethyl adjacent to an activating group) is 1. The number of thiophene rings is 1. The first kappa shape index (κ1) is 28.6. The average Bonchev–Trinajstić information content (AvgIpc) is 3.49. The molecular formula is C30H36N6O4S. The molecule has 216 valence electrons. The molecule has 1 aromatic carbocycles. The molecule has 0 bridgehead atoms. The van der Waals surface area contributed by atoms with Gasteiger partial charge in [0.05, 0.1) is 28.6 Å². The highest BCUT2D eigenvalue weighted by Crippen LogP contribution is 2.46. The highest BCUT2D eigenvalue weighted by Gasteiger charge is 2.34. The molecule has 3 aromatic rings. The molecule has 1 saturated carbocycles. The molecule has 0 spiro atoms. The Morgan fingerprint density at radius 1 is 1.20 bits per heavy atom. The van der Waals surface area contributed by atoms with Crippen LogP contribution in [-0.4, -0.2) is 66.6 Å². The van der Waals surface area contributed by atoms with Crippen molar-refractivity contribution in [2.45, 2.75) is 58.2 Å². The summed E-state index contributed by atoms with van der Waals surface area (Å²) in [7, 11) is 3.89. The molecular weight excluding hydrogens is 540 g/mol. The molecule has 1 aliphatic heterocycles. The Morgan fingerprint density at radius 3 is 2.66 bits per heavy atom. The van der Waals surface area contributed by atoms with Crippen molar-refractivity contribution in [1.82, 2.24) is 20.5 Å². The number of pyridine rings is 1. The SMILES string of the molecule is Cc1cc(OC(C)C)ccc1N1C(=O)Nc2c(C(=O)NC3CCC(NC(=O)/C=C/CN(C)C)C3)sc3nccc1c23. The molecule has 2 atom stereocenters. The van der Waals surface area contributed by atoms with Crippen LogP contribution in [0.3, 0.4) is 0 Å². The number of amides is 4. The fraction of sp³-hybridized carbons (Fsp3) is 0.400. The molecule has 5 rings (SSSR count). The van der Waals surface area contributed by atoms with E-state index in [-0.39, 0.29) is 36.0 Å². The number of carbonyl (C=O) groups is 3. The fourth-order valence-electron chi connectivity index (χ4n) is 5.32. The van der Waals surface area contributed by atoms with E-state index >= 15 is 0 Å². The third kappa shape index (κ3) is 6.20. The van der Waals surface area contributed by atoms with Crippen LogP contribution in [0.25, 0.3) is 10.2 Å². The Bertz CT molecular complexity index is 1510. The van der Waals surface area contributed by atoms with Gasteiger partial charge in [0.25, 0.3) is 5.91 Å². The molecule has 2 aliphatic rings. The van der Waals surface area contributed by atoms with Crippen molar-refractivity contribution in [3.63, 3.8) is 0 Å². The molecule has 2 aromatic heterocycles. The number of aryl methyl sites for hydroxylation is 1. The molecule has 4 amide bonds. The molecule has 11 heteroatoms. The number of benzene rings is 1. The van der Waals surface area contributed by atoms with E-state index in [0.717, 1.165) is 35.2 Å². The second-order valence-electron chi connectivity index (χ2n) is 11.1. The fourth-order valence-corrected chi connectivity index (χ4v) is 6.34. The van der Waals surface area contributed by atoms with Crippen molar-refractivity contribution in [3.05, 3.63) is 53.1 Å². The van der Waals surface area contributed by atoms with Crippen molar-refractivity contribution >= 4 is 56.5 Å². The molecule has 10 nitrogen and oxygen atoms in total. The summed E-state index contributed by atoms with van der Waals surface area (Å²) in [4.78, 5) is 48.4. The molecule has 3 heterocycles. The third-order valence-corrected chi connectivity index (χ3v) is 8.18. The van der Waals surface area contributed by atoms with Crippen molar-refractivity contribution in [3.8, 4) is 5.75 Å². The number of rotatable bonds is 9. The van der Waals surface area contributed by atoms with Gasteiger partial charge in [-0.15, -0.1) is 11.3 Å². The number of hydrogen-bond donors (Lipinski definition) is 3. The zero-order chi connectivity index (χ0) is 29.3. The Kier molecular flexibility index (Phi) is 8.27. The van der Waals surface area contributed by atoms with E-state index in [9.17, 15) is 14.4 Å². The molecule has 2 unspecified atom stereocenters. The highest BCUT2D eigenvalue weighted by molar-refractivity contribution is 7.21. The van der Waals surface area contributed by atoms with Crippen LogP contribution >= 0.6 is 11.3 Å². The van der Waals surface area contributed by atoms with Crippen LogP contribution in [0, 0.1) is 6.92 Å². The topological polar surface area (TPSA) is 116 Å². The summed E-state index contributed by atoms with van der Waals surface area (Å²) in [5.74, 6) is 0.362. The summed E-state index contributed by atoms with van der Waals surface area (Å²) in [5.41, 5.74) is 2.77. The summed E-state index contributed by atoms with van der Waals surface area (Å²) in [6, 6.07) is 7.02.